The standard InChI is InChI=1S/C16H24N2O2S/c1-4-17-11-15-8-5-9-16(14(15)3)21(19,20)18-10-6-7-13(2)12-18/h5,7-9,17H,4,6,10-12H2,1-3H3. The summed E-state index contributed by atoms with van der Waals surface area (Å²) < 4.78 is 27.3. The van der Waals surface area contributed by atoms with Crippen LogP contribution in [0.3, 0.4) is 0 Å². The number of hydrogen-bond donors (Lipinski definition) is 1. The second kappa shape index (κ2) is 6.73. The zero-order valence-electron chi connectivity index (χ0n) is 13.0. The van der Waals surface area contributed by atoms with Crippen LogP contribution in [0.25, 0.3) is 0 Å². The quantitative estimate of drug-likeness (QED) is 0.850. The minimum atomic E-state index is -3.41. The summed E-state index contributed by atoms with van der Waals surface area (Å²) in [7, 11) is -3.41. The Bertz CT molecular complexity index is 636. The zero-order valence-corrected chi connectivity index (χ0v) is 13.8. The van der Waals surface area contributed by atoms with Crippen molar-refractivity contribution in [2.75, 3.05) is 19.6 Å². The van der Waals surface area contributed by atoms with Crippen molar-refractivity contribution in [1.29, 1.82) is 0 Å². The van der Waals surface area contributed by atoms with Gasteiger partial charge in [0.1, 0.15) is 0 Å². The van der Waals surface area contributed by atoms with Crippen LogP contribution < -0.4 is 5.32 Å². The molecule has 116 valence electrons. The first kappa shape index (κ1) is 16.2. The highest BCUT2D eigenvalue weighted by molar-refractivity contribution is 7.89. The molecule has 0 amide bonds. The van der Waals surface area contributed by atoms with Gasteiger partial charge in [0, 0.05) is 19.6 Å². The van der Waals surface area contributed by atoms with E-state index in [1.807, 2.05) is 32.9 Å². The second-order valence-electron chi connectivity index (χ2n) is 5.50. The van der Waals surface area contributed by atoms with Crippen molar-refractivity contribution >= 4 is 10.0 Å². The highest BCUT2D eigenvalue weighted by Crippen LogP contribution is 2.25. The number of benzene rings is 1. The Morgan fingerprint density at radius 1 is 1.29 bits per heavy atom. The van der Waals surface area contributed by atoms with E-state index in [0.29, 0.717) is 24.5 Å². The van der Waals surface area contributed by atoms with Crippen molar-refractivity contribution in [2.24, 2.45) is 0 Å². The topological polar surface area (TPSA) is 49.4 Å². The van der Waals surface area contributed by atoms with Crippen LogP contribution in [0.5, 0.6) is 0 Å². The number of nitrogens with one attached hydrogen (secondary N) is 1. The molecule has 0 bridgehead atoms. The minimum absolute atomic E-state index is 0.438. The van der Waals surface area contributed by atoms with Gasteiger partial charge in [0.2, 0.25) is 10.0 Å². The molecule has 1 aliphatic rings. The van der Waals surface area contributed by atoms with E-state index in [4.69, 9.17) is 0 Å². The molecule has 0 radical (unpaired) electrons. The highest BCUT2D eigenvalue weighted by Gasteiger charge is 2.27. The van der Waals surface area contributed by atoms with E-state index in [1.54, 1.807) is 10.4 Å². The van der Waals surface area contributed by atoms with Crippen molar-refractivity contribution in [3.63, 3.8) is 0 Å². The molecule has 0 saturated carbocycles. The minimum Gasteiger partial charge on any atom is -0.313 e. The second-order valence-corrected chi connectivity index (χ2v) is 7.40. The average molecular weight is 308 g/mol. The van der Waals surface area contributed by atoms with Crippen molar-refractivity contribution in [1.82, 2.24) is 9.62 Å². The molecular formula is C16H24N2O2S. The largest absolute Gasteiger partial charge is 0.313 e. The Morgan fingerprint density at radius 3 is 2.71 bits per heavy atom. The van der Waals surface area contributed by atoms with Gasteiger partial charge in [-0.05, 0) is 44.0 Å². The summed E-state index contributed by atoms with van der Waals surface area (Å²) in [5.41, 5.74) is 3.01. The fraction of sp³-hybridized carbons (Fsp3) is 0.500. The Morgan fingerprint density at radius 2 is 2.05 bits per heavy atom. The zero-order chi connectivity index (χ0) is 15.5. The molecule has 0 unspecified atom stereocenters. The molecule has 1 aliphatic heterocycles. The van der Waals surface area contributed by atoms with Gasteiger partial charge in [-0.1, -0.05) is 30.7 Å². The van der Waals surface area contributed by atoms with Crippen LogP contribution in [0.1, 0.15) is 31.4 Å². The third-order valence-corrected chi connectivity index (χ3v) is 5.87. The Hall–Kier alpha value is -1.17. The fourth-order valence-corrected chi connectivity index (χ4v) is 4.38. The molecule has 1 aromatic carbocycles. The van der Waals surface area contributed by atoms with Crippen molar-refractivity contribution < 1.29 is 8.42 Å². The van der Waals surface area contributed by atoms with Crippen LogP contribution in [0.4, 0.5) is 0 Å². The summed E-state index contributed by atoms with van der Waals surface area (Å²) in [6.45, 7) is 8.55. The molecule has 1 N–H and O–H groups in total. The van der Waals surface area contributed by atoms with E-state index in [9.17, 15) is 8.42 Å². The number of hydrogen-bond acceptors (Lipinski definition) is 3. The summed E-state index contributed by atoms with van der Waals surface area (Å²) in [4.78, 5) is 0.438. The van der Waals surface area contributed by atoms with Gasteiger partial charge in [-0.3, -0.25) is 0 Å². The van der Waals surface area contributed by atoms with Gasteiger partial charge in [-0.25, -0.2) is 8.42 Å². The van der Waals surface area contributed by atoms with Crippen LogP contribution in [0.15, 0.2) is 34.7 Å². The number of rotatable bonds is 5. The maximum Gasteiger partial charge on any atom is 0.243 e. The Balaban J connectivity index is 2.34. The van der Waals surface area contributed by atoms with Crippen LogP contribution >= 0.6 is 0 Å². The normalized spacial score (nSPS) is 16.8. The van der Waals surface area contributed by atoms with E-state index < -0.39 is 10.0 Å². The van der Waals surface area contributed by atoms with Crippen LogP contribution in [-0.4, -0.2) is 32.4 Å². The third-order valence-electron chi connectivity index (χ3n) is 3.88. The van der Waals surface area contributed by atoms with Crippen molar-refractivity contribution in [2.45, 2.75) is 38.6 Å². The molecule has 21 heavy (non-hydrogen) atoms. The van der Waals surface area contributed by atoms with Gasteiger partial charge in [-0.2, -0.15) is 4.31 Å². The number of sulfonamides is 1. The SMILES string of the molecule is CCNCc1cccc(S(=O)(=O)N2CCC=C(C)C2)c1C. The molecule has 1 aromatic rings. The van der Waals surface area contributed by atoms with Gasteiger partial charge in [0.25, 0.3) is 0 Å². The lowest BCUT2D eigenvalue weighted by molar-refractivity contribution is 0.427. The summed E-state index contributed by atoms with van der Waals surface area (Å²) in [5, 5.41) is 3.25. The third kappa shape index (κ3) is 3.54. The van der Waals surface area contributed by atoms with Crippen molar-refractivity contribution in [3.05, 3.63) is 41.0 Å². The summed E-state index contributed by atoms with van der Waals surface area (Å²) >= 11 is 0. The lowest BCUT2D eigenvalue weighted by atomic mass is 10.1. The first-order valence-electron chi connectivity index (χ1n) is 7.41. The van der Waals surface area contributed by atoms with Crippen LogP contribution in [0, 0.1) is 6.92 Å². The molecule has 0 atom stereocenters. The molecule has 2 rings (SSSR count). The number of nitrogens with zero attached hydrogens (tertiary/aromatic N) is 1. The van der Waals surface area contributed by atoms with Gasteiger partial charge in [0.05, 0.1) is 4.90 Å². The highest BCUT2D eigenvalue weighted by atomic mass is 32.2. The average Bonchev–Trinajstić information content (AvgIpc) is 2.46. The molecular weight excluding hydrogens is 284 g/mol. The Kier molecular flexibility index (Phi) is 5.19. The lowest BCUT2D eigenvalue weighted by Gasteiger charge is -2.26. The van der Waals surface area contributed by atoms with E-state index in [-0.39, 0.29) is 0 Å². The van der Waals surface area contributed by atoms with Gasteiger partial charge in [0.15, 0.2) is 0 Å². The molecule has 0 aliphatic carbocycles. The molecule has 5 heteroatoms. The fourth-order valence-electron chi connectivity index (χ4n) is 2.61. The van der Waals surface area contributed by atoms with Crippen LogP contribution in [-0.2, 0) is 16.6 Å². The van der Waals surface area contributed by atoms with E-state index in [0.717, 1.165) is 29.7 Å². The van der Waals surface area contributed by atoms with E-state index in [2.05, 4.69) is 11.4 Å². The molecule has 0 spiro atoms. The van der Waals surface area contributed by atoms with Crippen LogP contribution in [0.2, 0.25) is 0 Å². The maximum absolute atomic E-state index is 12.9. The maximum atomic E-state index is 12.9. The summed E-state index contributed by atoms with van der Waals surface area (Å²) in [5.74, 6) is 0. The van der Waals surface area contributed by atoms with E-state index in [1.165, 1.54) is 0 Å². The smallest absolute Gasteiger partial charge is 0.243 e. The molecule has 0 saturated heterocycles. The summed E-state index contributed by atoms with van der Waals surface area (Å²) in [6.07, 6.45) is 2.90. The first-order valence-corrected chi connectivity index (χ1v) is 8.85. The Labute approximate surface area is 127 Å². The van der Waals surface area contributed by atoms with E-state index >= 15 is 0 Å². The first-order chi connectivity index (χ1) is 9.96. The van der Waals surface area contributed by atoms with Gasteiger partial charge >= 0.3 is 0 Å². The van der Waals surface area contributed by atoms with Crippen molar-refractivity contribution in [3.8, 4) is 0 Å². The predicted octanol–water partition coefficient (Wildman–Crippen LogP) is 2.45. The predicted molar refractivity (Wildman–Crippen MR) is 85.7 cm³/mol. The molecule has 1 heterocycles. The molecule has 0 fully saturated rings. The van der Waals surface area contributed by atoms with Gasteiger partial charge < -0.3 is 5.32 Å². The van der Waals surface area contributed by atoms with Gasteiger partial charge in [-0.15, -0.1) is 0 Å². The monoisotopic (exact) mass is 308 g/mol. The molecule has 0 aromatic heterocycles. The summed E-state index contributed by atoms with van der Waals surface area (Å²) in [6, 6.07) is 5.53. The molecule has 4 nitrogen and oxygen atoms in total. The lowest BCUT2D eigenvalue weighted by Crippen LogP contribution is -2.35.